The van der Waals surface area contributed by atoms with Crippen molar-refractivity contribution in [3.05, 3.63) is 30.3 Å². The van der Waals surface area contributed by atoms with Crippen LogP contribution < -0.4 is 10.6 Å². The van der Waals surface area contributed by atoms with Crippen LogP contribution in [0.15, 0.2) is 30.3 Å². The number of rotatable bonds is 3. The summed E-state index contributed by atoms with van der Waals surface area (Å²) in [6.07, 6.45) is 3.57. The predicted octanol–water partition coefficient (Wildman–Crippen LogP) is 2.29. The number of halogens is 1. The molecule has 24 heavy (non-hydrogen) atoms. The number of hydrogen-bond donors (Lipinski definition) is 2. The molecular weight excluding hydrogens is 326 g/mol. The minimum Gasteiger partial charge on any atom is -0.342 e. The third kappa shape index (κ3) is 4.71. The predicted molar refractivity (Wildman–Crippen MR) is 97.2 cm³/mol. The fraction of sp³-hybridized carbons (Fsp3) is 0.556. The van der Waals surface area contributed by atoms with Gasteiger partial charge in [0.05, 0.1) is 5.92 Å². The molecule has 132 valence electrons. The average Bonchev–Trinajstić information content (AvgIpc) is 2.63. The van der Waals surface area contributed by atoms with Gasteiger partial charge in [0.15, 0.2) is 0 Å². The molecule has 6 heteroatoms. The fourth-order valence-corrected chi connectivity index (χ4v) is 3.45. The van der Waals surface area contributed by atoms with Crippen LogP contribution in [0, 0.1) is 11.8 Å². The zero-order valence-corrected chi connectivity index (χ0v) is 14.7. The number of hydrogen-bond acceptors (Lipinski definition) is 3. The lowest BCUT2D eigenvalue weighted by molar-refractivity contribution is -0.138. The van der Waals surface area contributed by atoms with E-state index in [0.717, 1.165) is 44.5 Å². The molecule has 2 amide bonds. The average molecular weight is 352 g/mol. The largest absolute Gasteiger partial charge is 0.342 e. The van der Waals surface area contributed by atoms with Gasteiger partial charge in [0.25, 0.3) is 0 Å². The van der Waals surface area contributed by atoms with Gasteiger partial charge in [0, 0.05) is 31.2 Å². The van der Waals surface area contributed by atoms with Gasteiger partial charge < -0.3 is 15.5 Å². The van der Waals surface area contributed by atoms with E-state index in [-0.39, 0.29) is 36.1 Å². The molecule has 2 aliphatic rings. The molecule has 2 aliphatic heterocycles. The van der Waals surface area contributed by atoms with Crippen LogP contribution in [0.1, 0.15) is 25.7 Å². The maximum atomic E-state index is 12.5. The van der Waals surface area contributed by atoms with E-state index >= 15 is 0 Å². The molecule has 0 saturated carbocycles. The number of nitrogens with one attached hydrogen (secondary N) is 2. The molecule has 0 spiro atoms. The van der Waals surface area contributed by atoms with Crippen LogP contribution in [0.2, 0.25) is 0 Å². The van der Waals surface area contributed by atoms with Crippen LogP contribution in [-0.2, 0) is 9.59 Å². The van der Waals surface area contributed by atoms with E-state index in [1.165, 1.54) is 0 Å². The van der Waals surface area contributed by atoms with Crippen molar-refractivity contribution in [3.63, 3.8) is 0 Å². The number of nitrogens with zero attached hydrogens (tertiary/aromatic N) is 1. The minimum absolute atomic E-state index is 0. The van der Waals surface area contributed by atoms with E-state index < -0.39 is 0 Å². The van der Waals surface area contributed by atoms with Crippen molar-refractivity contribution >= 4 is 29.9 Å². The molecule has 0 bridgehead atoms. The van der Waals surface area contributed by atoms with Gasteiger partial charge in [-0.05, 0) is 44.4 Å². The number of carbonyl (C=O) groups is 2. The molecule has 1 unspecified atom stereocenters. The highest BCUT2D eigenvalue weighted by atomic mass is 35.5. The molecule has 1 aromatic carbocycles. The van der Waals surface area contributed by atoms with Crippen molar-refractivity contribution in [2.75, 3.05) is 31.5 Å². The molecule has 0 radical (unpaired) electrons. The Morgan fingerprint density at radius 2 is 1.75 bits per heavy atom. The summed E-state index contributed by atoms with van der Waals surface area (Å²) in [6, 6.07) is 9.54. The third-order valence-electron chi connectivity index (χ3n) is 4.86. The second-order valence-corrected chi connectivity index (χ2v) is 6.50. The summed E-state index contributed by atoms with van der Waals surface area (Å²) >= 11 is 0. The Morgan fingerprint density at radius 1 is 1.04 bits per heavy atom. The van der Waals surface area contributed by atoms with Gasteiger partial charge in [-0.2, -0.15) is 0 Å². The van der Waals surface area contributed by atoms with E-state index in [0.29, 0.717) is 13.1 Å². The highest BCUT2D eigenvalue weighted by Crippen LogP contribution is 2.22. The van der Waals surface area contributed by atoms with Crippen LogP contribution in [0.4, 0.5) is 5.69 Å². The monoisotopic (exact) mass is 351 g/mol. The summed E-state index contributed by atoms with van der Waals surface area (Å²) in [6.45, 7) is 3.21. The molecule has 1 atom stereocenters. The summed E-state index contributed by atoms with van der Waals surface area (Å²) in [4.78, 5) is 26.8. The second kappa shape index (κ2) is 9.04. The Balaban J connectivity index is 0.00000208. The smallest absolute Gasteiger partial charge is 0.227 e. The number of piperidine rings is 2. The molecule has 2 heterocycles. The Labute approximate surface area is 149 Å². The maximum absolute atomic E-state index is 12.5. The number of likely N-dealkylation sites (tertiary alicyclic amines) is 1. The first-order valence-electron chi connectivity index (χ1n) is 8.59. The van der Waals surface area contributed by atoms with Gasteiger partial charge in [-0.3, -0.25) is 9.59 Å². The van der Waals surface area contributed by atoms with Gasteiger partial charge in [0.1, 0.15) is 0 Å². The van der Waals surface area contributed by atoms with Crippen molar-refractivity contribution < 1.29 is 9.59 Å². The van der Waals surface area contributed by atoms with Crippen molar-refractivity contribution in [1.82, 2.24) is 10.2 Å². The lowest BCUT2D eigenvalue weighted by Crippen LogP contribution is -2.47. The molecule has 2 N–H and O–H groups in total. The van der Waals surface area contributed by atoms with Gasteiger partial charge in [-0.1, -0.05) is 18.2 Å². The third-order valence-corrected chi connectivity index (χ3v) is 4.86. The normalized spacial score (nSPS) is 21.7. The molecule has 0 aliphatic carbocycles. The molecular formula is C18H26ClN3O2. The maximum Gasteiger partial charge on any atom is 0.227 e. The SMILES string of the molecule is Cl.O=C(Nc1ccccc1)C1CCN(C(=O)C2CCCNC2)CC1. The highest BCUT2D eigenvalue weighted by molar-refractivity contribution is 5.92. The molecule has 0 aromatic heterocycles. The number of benzene rings is 1. The van der Waals surface area contributed by atoms with Crippen molar-refractivity contribution in [2.24, 2.45) is 11.8 Å². The minimum atomic E-state index is 0. The first-order chi connectivity index (χ1) is 11.2. The summed E-state index contributed by atoms with van der Waals surface area (Å²) in [5.74, 6) is 0.462. The highest BCUT2D eigenvalue weighted by Gasteiger charge is 2.31. The van der Waals surface area contributed by atoms with Gasteiger partial charge in [-0.15, -0.1) is 12.4 Å². The quantitative estimate of drug-likeness (QED) is 0.878. The van der Waals surface area contributed by atoms with Crippen LogP contribution >= 0.6 is 12.4 Å². The number of para-hydroxylation sites is 1. The number of amides is 2. The Hall–Kier alpha value is -1.59. The first kappa shape index (κ1) is 18.7. The standard InChI is InChI=1S/C18H25N3O2.ClH/c22-17(20-16-6-2-1-3-7-16)14-8-11-21(12-9-14)18(23)15-5-4-10-19-13-15;/h1-3,6-7,14-15,19H,4-5,8-13H2,(H,20,22);1H. The summed E-state index contributed by atoms with van der Waals surface area (Å²) in [5, 5.41) is 6.26. The van der Waals surface area contributed by atoms with E-state index in [1.807, 2.05) is 35.2 Å². The van der Waals surface area contributed by atoms with Gasteiger partial charge in [-0.25, -0.2) is 0 Å². The van der Waals surface area contributed by atoms with E-state index in [1.54, 1.807) is 0 Å². The van der Waals surface area contributed by atoms with E-state index in [4.69, 9.17) is 0 Å². The Morgan fingerprint density at radius 3 is 2.38 bits per heavy atom. The fourth-order valence-electron chi connectivity index (χ4n) is 3.45. The Kier molecular flexibility index (Phi) is 7.06. The van der Waals surface area contributed by atoms with Crippen LogP contribution in [0.25, 0.3) is 0 Å². The van der Waals surface area contributed by atoms with Crippen LogP contribution in [-0.4, -0.2) is 42.9 Å². The van der Waals surface area contributed by atoms with E-state index in [2.05, 4.69) is 10.6 Å². The van der Waals surface area contributed by atoms with Gasteiger partial charge >= 0.3 is 0 Å². The van der Waals surface area contributed by atoms with E-state index in [9.17, 15) is 9.59 Å². The number of carbonyl (C=O) groups excluding carboxylic acids is 2. The summed E-state index contributed by atoms with van der Waals surface area (Å²) in [5.41, 5.74) is 0.837. The second-order valence-electron chi connectivity index (χ2n) is 6.50. The lowest BCUT2D eigenvalue weighted by atomic mass is 9.93. The Bertz CT molecular complexity index is 538. The summed E-state index contributed by atoms with van der Waals surface area (Å²) < 4.78 is 0. The van der Waals surface area contributed by atoms with Crippen LogP contribution in [0.3, 0.4) is 0 Å². The van der Waals surface area contributed by atoms with Crippen molar-refractivity contribution in [2.45, 2.75) is 25.7 Å². The number of anilines is 1. The zero-order chi connectivity index (χ0) is 16.1. The molecule has 1 aromatic rings. The molecule has 3 rings (SSSR count). The lowest BCUT2D eigenvalue weighted by Gasteiger charge is -2.34. The topological polar surface area (TPSA) is 61.4 Å². The molecule has 5 nitrogen and oxygen atoms in total. The van der Waals surface area contributed by atoms with Crippen molar-refractivity contribution in [1.29, 1.82) is 0 Å². The first-order valence-corrected chi connectivity index (χ1v) is 8.59. The van der Waals surface area contributed by atoms with Crippen LogP contribution in [0.5, 0.6) is 0 Å². The molecule has 2 saturated heterocycles. The summed E-state index contributed by atoms with van der Waals surface area (Å²) in [7, 11) is 0. The van der Waals surface area contributed by atoms with Crippen molar-refractivity contribution in [3.8, 4) is 0 Å². The van der Waals surface area contributed by atoms with Gasteiger partial charge in [0.2, 0.25) is 11.8 Å². The zero-order valence-electron chi connectivity index (χ0n) is 13.9. The molecule has 2 fully saturated rings.